The molecule has 0 atom stereocenters. The first-order valence-corrected chi connectivity index (χ1v) is 5.01. The van der Waals surface area contributed by atoms with E-state index in [0.717, 1.165) is 19.3 Å². The first-order valence-electron chi connectivity index (χ1n) is 5.01. The van der Waals surface area contributed by atoms with Crippen molar-refractivity contribution in [3.63, 3.8) is 0 Å². The maximum atomic E-state index is 8.50. The van der Waals surface area contributed by atoms with Crippen molar-refractivity contribution in [1.82, 2.24) is 0 Å². The Kier molecular flexibility index (Phi) is 10.5. The number of aliphatic hydroxyl groups excluding tert-OH is 1. The summed E-state index contributed by atoms with van der Waals surface area (Å²) in [6, 6.07) is 0. The van der Waals surface area contributed by atoms with Gasteiger partial charge in [-0.15, -0.1) is 0 Å². The second-order valence-electron chi connectivity index (χ2n) is 2.90. The summed E-state index contributed by atoms with van der Waals surface area (Å²) in [6.45, 7) is 2.45. The van der Waals surface area contributed by atoms with Crippen molar-refractivity contribution in [3.8, 4) is 0 Å². The SMILES string of the molecule is CCC/C=C/C=C\C=C\CCCO. The summed E-state index contributed by atoms with van der Waals surface area (Å²) in [6.07, 6.45) is 16.5. The van der Waals surface area contributed by atoms with Crippen LogP contribution in [0.3, 0.4) is 0 Å². The molecule has 0 amide bonds. The topological polar surface area (TPSA) is 20.2 Å². The number of hydrogen-bond acceptors (Lipinski definition) is 1. The van der Waals surface area contributed by atoms with Crippen LogP contribution < -0.4 is 0 Å². The number of rotatable bonds is 7. The lowest BCUT2D eigenvalue weighted by atomic mass is 10.3. The molecule has 0 aromatic rings. The lowest BCUT2D eigenvalue weighted by Crippen LogP contribution is -1.77. The predicted octanol–water partition coefficient (Wildman–Crippen LogP) is 3.23. The zero-order valence-electron chi connectivity index (χ0n) is 8.45. The molecule has 0 saturated carbocycles. The number of allylic oxidation sites excluding steroid dienone is 6. The van der Waals surface area contributed by atoms with E-state index in [9.17, 15) is 0 Å². The van der Waals surface area contributed by atoms with Gasteiger partial charge in [-0.1, -0.05) is 49.8 Å². The minimum atomic E-state index is 0.282. The molecule has 13 heavy (non-hydrogen) atoms. The maximum Gasteiger partial charge on any atom is 0.0433 e. The highest BCUT2D eigenvalue weighted by molar-refractivity contribution is 5.10. The van der Waals surface area contributed by atoms with Gasteiger partial charge in [0.15, 0.2) is 0 Å². The highest BCUT2D eigenvalue weighted by Crippen LogP contribution is 1.91. The molecule has 0 aliphatic heterocycles. The molecule has 1 heteroatoms. The van der Waals surface area contributed by atoms with E-state index in [0.29, 0.717) is 0 Å². The molecule has 0 aliphatic rings. The first-order chi connectivity index (χ1) is 6.41. The molecule has 0 radical (unpaired) electrons. The molecule has 0 unspecified atom stereocenters. The predicted molar refractivity (Wildman–Crippen MR) is 58.6 cm³/mol. The summed E-state index contributed by atoms with van der Waals surface area (Å²) in [5.41, 5.74) is 0. The summed E-state index contributed by atoms with van der Waals surface area (Å²) >= 11 is 0. The fourth-order valence-electron chi connectivity index (χ4n) is 0.854. The summed E-state index contributed by atoms with van der Waals surface area (Å²) in [4.78, 5) is 0. The van der Waals surface area contributed by atoms with Gasteiger partial charge in [0.05, 0.1) is 0 Å². The Labute approximate surface area is 81.5 Å². The van der Waals surface area contributed by atoms with Crippen LogP contribution in [-0.2, 0) is 0 Å². The Morgan fingerprint density at radius 2 is 1.54 bits per heavy atom. The van der Waals surface area contributed by atoms with Crippen molar-refractivity contribution in [1.29, 1.82) is 0 Å². The Bertz CT molecular complexity index is 166. The maximum absolute atomic E-state index is 8.50. The van der Waals surface area contributed by atoms with Crippen LogP contribution in [0.2, 0.25) is 0 Å². The molecule has 0 aromatic heterocycles. The standard InChI is InChI=1S/C12H20O/c1-2-3-4-5-6-7-8-9-10-11-12-13/h4-9,13H,2-3,10-12H2,1H3/b5-4+,7-6-,9-8+. The second kappa shape index (κ2) is 11.2. The van der Waals surface area contributed by atoms with Crippen LogP contribution in [-0.4, -0.2) is 11.7 Å². The minimum Gasteiger partial charge on any atom is -0.396 e. The molecule has 1 nitrogen and oxygen atoms in total. The number of aliphatic hydroxyl groups is 1. The third kappa shape index (κ3) is 11.2. The van der Waals surface area contributed by atoms with Gasteiger partial charge in [0.25, 0.3) is 0 Å². The van der Waals surface area contributed by atoms with E-state index in [2.05, 4.69) is 25.2 Å². The summed E-state index contributed by atoms with van der Waals surface area (Å²) in [5, 5.41) is 8.50. The first kappa shape index (κ1) is 12.2. The highest BCUT2D eigenvalue weighted by atomic mass is 16.2. The molecule has 0 aromatic carbocycles. The smallest absolute Gasteiger partial charge is 0.0433 e. The van der Waals surface area contributed by atoms with Crippen LogP contribution in [0.25, 0.3) is 0 Å². The average Bonchev–Trinajstić information content (AvgIpc) is 2.16. The van der Waals surface area contributed by atoms with E-state index in [1.807, 2.05) is 18.2 Å². The molecule has 0 spiro atoms. The van der Waals surface area contributed by atoms with Crippen molar-refractivity contribution in [3.05, 3.63) is 36.5 Å². The quantitative estimate of drug-likeness (QED) is 0.471. The lowest BCUT2D eigenvalue weighted by molar-refractivity contribution is 0.289. The normalized spacial score (nSPS) is 12.5. The highest BCUT2D eigenvalue weighted by Gasteiger charge is 1.75. The lowest BCUT2D eigenvalue weighted by Gasteiger charge is -1.85. The monoisotopic (exact) mass is 180 g/mol. The molecular weight excluding hydrogens is 160 g/mol. The Hall–Kier alpha value is -0.820. The van der Waals surface area contributed by atoms with Gasteiger partial charge in [0.2, 0.25) is 0 Å². The van der Waals surface area contributed by atoms with Gasteiger partial charge in [-0.3, -0.25) is 0 Å². The van der Waals surface area contributed by atoms with E-state index in [4.69, 9.17) is 5.11 Å². The molecule has 0 heterocycles. The van der Waals surface area contributed by atoms with E-state index in [1.54, 1.807) is 0 Å². The van der Waals surface area contributed by atoms with Crippen LogP contribution in [0.4, 0.5) is 0 Å². The van der Waals surface area contributed by atoms with Crippen molar-refractivity contribution in [2.75, 3.05) is 6.61 Å². The van der Waals surface area contributed by atoms with Crippen LogP contribution >= 0.6 is 0 Å². The molecular formula is C12H20O. The van der Waals surface area contributed by atoms with Gasteiger partial charge in [-0.25, -0.2) is 0 Å². The number of unbranched alkanes of at least 4 members (excludes halogenated alkanes) is 2. The van der Waals surface area contributed by atoms with Crippen molar-refractivity contribution < 1.29 is 5.11 Å². The van der Waals surface area contributed by atoms with Gasteiger partial charge >= 0.3 is 0 Å². The molecule has 0 aliphatic carbocycles. The zero-order chi connectivity index (χ0) is 9.78. The molecule has 1 N–H and O–H groups in total. The largest absolute Gasteiger partial charge is 0.396 e. The van der Waals surface area contributed by atoms with Gasteiger partial charge in [0, 0.05) is 6.61 Å². The number of hydrogen-bond donors (Lipinski definition) is 1. The zero-order valence-corrected chi connectivity index (χ0v) is 8.45. The third-order valence-corrected chi connectivity index (χ3v) is 1.59. The van der Waals surface area contributed by atoms with Crippen LogP contribution in [0.1, 0.15) is 32.6 Å². The molecule has 74 valence electrons. The molecule has 0 rings (SSSR count). The van der Waals surface area contributed by atoms with Crippen LogP contribution in [0, 0.1) is 0 Å². The Morgan fingerprint density at radius 1 is 0.923 bits per heavy atom. The second-order valence-corrected chi connectivity index (χ2v) is 2.90. The third-order valence-electron chi connectivity index (χ3n) is 1.59. The Morgan fingerprint density at radius 3 is 2.08 bits per heavy atom. The minimum absolute atomic E-state index is 0.282. The van der Waals surface area contributed by atoms with Gasteiger partial charge in [0.1, 0.15) is 0 Å². The van der Waals surface area contributed by atoms with E-state index in [-0.39, 0.29) is 6.61 Å². The van der Waals surface area contributed by atoms with Crippen molar-refractivity contribution in [2.45, 2.75) is 32.6 Å². The van der Waals surface area contributed by atoms with Crippen molar-refractivity contribution in [2.24, 2.45) is 0 Å². The summed E-state index contributed by atoms with van der Waals surface area (Å²) in [5.74, 6) is 0. The van der Waals surface area contributed by atoms with Crippen LogP contribution in [0.15, 0.2) is 36.5 Å². The van der Waals surface area contributed by atoms with Gasteiger partial charge in [-0.05, 0) is 19.3 Å². The van der Waals surface area contributed by atoms with Gasteiger partial charge < -0.3 is 5.11 Å². The van der Waals surface area contributed by atoms with Crippen molar-refractivity contribution >= 4 is 0 Å². The van der Waals surface area contributed by atoms with E-state index in [1.165, 1.54) is 6.42 Å². The van der Waals surface area contributed by atoms with E-state index >= 15 is 0 Å². The summed E-state index contributed by atoms with van der Waals surface area (Å²) in [7, 11) is 0. The molecule has 0 bridgehead atoms. The van der Waals surface area contributed by atoms with Crippen LogP contribution in [0.5, 0.6) is 0 Å². The van der Waals surface area contributed by atoms with E-state index < -0.39 is 0 Å². The van der Waals surface area contributed by atoms with Gasteiger partial charge in [-0.2, -0.15) is 0 Å². The average molecular weight is 180 g/mol. The molecule has 0 saturated heterocycles. The fraction of sp³-hybridized carbons (Fsp3) is 0.500. The Balaban J connectivity index is 3.34. The molecule has 0 fully saturated rings. The summed E-state index contributed by atoms with van der Waals surface area (Å²) < 4.78 is 0. The fourth-order valence-corrected chi connectivity index (χ4v) is 0.854.